The molecule has 0 fully saturated rings. The van der Waals surface area contributed by atoms with Gasteiger partial charge in [0.05, 0.1) is 11.3 Å². The summed E-state index contributed by atoms with van der Waals surface area (Å²) in [5.74, 6) is -0.588. The van der Waals surface area contributed by atoms with Gasteiger partial charge in [0.25, 0.3) is 5.56 Å². The molecule has 2 heterocycles. The molecule has 0 aliphatic heterocycles. The van der Waals surface area contributed by atoms with E-state index in [1.165, 1.54) is 0 Å². The largest absolute Gasteiger partial charge is 0.457 e. The van der Waals surface area contributed by atoms with Crippen molar-refractivity contribution >= 4 is 52.7 Å². The number of para-hydroxylation sites is 1. The molecule has 4 rings (SSSR count). The molecular weight excluding hydrogens is 666 g/mol. The van der Waals surface area contributed by atoms with E-state index in [0.717, 1.165) is 17.3 Å². The van der Waals surface area contributed by atoms with E-state index in [-0.39, 0.29) is 18.9 Å². The summed E-state index contributed by atoms with van der Waals surface area (Å²) in [6.07, 6.45) is -0.122. The van der Waals surface area contributed by atoms with Gasteiger partial charge in [0.1, 0.15) is 24.5 Å². The molecule has 9 nitrogen and oxygen atoms in total. The Kier molecular flexibility index (Phi) is 11.0. The van der Waals surface area contributed by atoms with Crippen molar-refractivity contribution in [3.63, 3.8) is 0 Å². The third-order valence-corrected chi connectivity index (χ3v) is 10.1. The summed E-state index contributed by atoms with van der Waals surface area (Å²) >= 11 is 3.78. The molecule has 2 aromatic carbocycles. The van der Waals surface area contributed by atoms with Crippen LogP contribution in [0.5, 0.6) is 0 Å². The highest BCUT2D eigenvalue weighted by Crippen LogP contribution is 2.34. The smallest absolute Gasteiger partial charge is 0.412 e. The maximum absolute atomic E-state index is 14.0. The monoisotopic (exact) mass is 709 g/mol. The molecule has 0 radical (unpaired) electrons. The van der Waals surface area contributed by atoms with Crippen LogP contribution in [0.2, 0.25) is 25.7 Å². The van der Waals surface area contributed by atoms with Crippen molar-refractivity contribution in [1.29, 1.82) is 0 Å². The Balaban J connectivity index is 1.73. The Morgan fingerprint density at radius 1 is 1.00 bits per heavy atom. The van der Waals surface area contributed by atoms with Crippen molar-refractivity contribution in [2.24, 2.45) is 7.05 Å². The third kappa shape index (κ3) is 8.57. The number of hydrogen-bond donors (Lipinski definition) is 1. The van der Waals surface area contributed by atoms with Gasteiger partial charge in [0, 0.05) is 55.0 Å². The Bertz CT molecular complexity index is 1780. The zero-order valence-electron chi connectivity index (χ0n) is 28.0. The second kappa shape index (κ2) is 14.4. The molecule has 1 amide bonds. The molecule has 2 aromatic heterocycles. The van der Waals surface area contributed by atoms with Crippen LogP contribution < -0.4 is 10.9 Å². The number of esters is 1. The average molecular weight is 711 g/mol. The van der Waals surface area contributed by atoms with Crippen LogP contribution in [-0.2, 0) is 41.0 Å². The number of aromatic nitrogens is 2. The van der Waals surface area contributed by atoms with Crippen LogP contribution >= 0.6 is 15.9 Å². The minimum Gasteiger partial charge on any atom is -0.457 e. The van der Waals surface area contributed by atoms with Crippen molar-refractivity contribution in [2.45, 2.75) is 78.7 Å². The van der Waals surface area contributed by atoms with Gasteiger partial charge >= 0.3 is 12.1 Å². The second-order valence-electron chi connectivity index (χ2n) is 13.6. The molecule has 246 valence electrons. The number of rotatable bonds is 11. The van der Waals surface area contributed by atoms with Crippen LogP contribution in [0.4, 0.5) is 10.5 Å². The Morgan fingerprint density at radius 2 is 1.65 bits per heavy atom. The van der Waals surface area contributed by atoms with Crippen molar-refractivity contribution in [1.82, 2.24) is 9.13 Å². The number of nitrogens with one attached hydrogen (secondary N) is 1. The summed E-state index contributed by atoms with van der Waals surface area (Å²) in [6.45, 7) is 14.6. The highest BCUT2D eigenvalue weighted by atomic mass is 79.9. The first-order valence-electron chi connectivity index (χ1n) is 15.3. The molecule has 4 aromatic rings. The SMILES string of the molecule is Cc1c(C(=O)OCc2ccccc2NC(=O)OC(C)(C)C)c2c(Br)c(Cc3ccccc3)n(C)c(=O)c2n1COCC[Si](C)(C)C. The molecule has 0 saturated carbocycles. The lowest BCUT2D eigenvalue weighted by Crippen LogP contribution is -2.27. The zero-order chi connectivity index (χ0) is 33.8. The summed E-state index contributed by atoms with van der Waals surface area (Å²) in [4.78, 5) is 40.4. The molecule has 1 N–H and O–H groups in total. The number of nitrogens with zero attached hydrogens (tertiary/aromatic N) is 2. The van der Waals surface area contributed by atoms with Gasteiger partial charge in [-0.15, -0.1) is 0 Å². The Hall–Kier alpha value is -3.67. The zero-order valence-corrected chi connectivity index (χ0v) is 30.5. The van der Waals surface area contributed by atoms with Gasteiger partial charge in [-0.2, -0.15) is 0 Å². The van der Waals surface area contributed by atoms with Crippen LogP contribution in [0.1, 0.15) is 53.6 Å². The number of anilines is 1. The molecule has 11 heteroatoms. The summed E-state index contributed by atoms with van der Waals surface area (Å²) in [7, 11) is 0.412. The molecule has 0 spiro atoms. The van der Waals surface area contributed by atoms with Gasteiger partial charge in [-0.25, -0.2) is 9.59 Å². The number of pyridine rings is 1. The highest BCUT2D eigenvalue weighted by Gasteiger charge is 2.28. The number of ether oxygens (including phenoxy) is 3. The van der Waals surface area contributed by atoms with Gasteiger partial charge in [0.2, 0.25) is 0 Å². The number of hydrogen-bond acceptors (Lipinski definition) is 6. The molecular formula is C35H44BrN3O6Si. The van der Waals surface area contributed by atoms with E-state index >= 15 is 0 Å². The number of amides is 1. The quantitative estimate of drug-likeness (QED) is 0.0962. The maximum atomic E-state index is 14.0. The van der Waals surface area contributed by atoms with Crippen LogP contribution in [-0.4, -0.2) is 41.5 Å². The Labute approximate surface area is 280 Å². The number of carbonyl (C=O) groups is 2. The molecule has 0 aliphatic carbocycles. The third-order valence-electron chi connectivity index (χ3n) is 7.56. The first-order valence-corrected chi connectivity index (χ1v) is 19.8. The predicted octanol–water partition coefficient (Wildman–Crippen LogP) is 8.02. The van der Waals surface area contributed by atoms with Crippen molar-refractivity contribution in [3.8, 4) is 0 Å². The van der Waals surface area contributed by atoms with Gasteiger partial charge in [-0.05, 0) is 61.3 Å². The average Bonchev–Trinajstić information content (AvgIpc) is 3.27. The fourth-order valence-electron chi connectivity index (χ4n) is 5.07. The fourth-order valence-corrected chi connectivity index (χ4v) is 6.62. The van der Waals surface area contributed by atoms with Gasteiger partial charge in [-0.1, -0.05) is 68.2 Å². The lowest BCUT2D eigenvalue weighted by atomic mass is 10.1. The number of halogens is 1. The lowest BCUT2D eigenvalue weighted by Gasteiger charge is -2.20. The second-order valence-corrected chi connectivity index (χ2v) is 20.0. The summed E-state index contributed by atoms with van der Waals surface area (Å²) in [6, 6.07) is 17.9. The molecule has 0 aliphatic rings. The van der Waals surface area contributed by atoms with Crippen molar-refractivity contribution < 1.29 is 23.8 Å². The van der Waals surface area contributed by atoms with Crippen LogP contribution in [0, 0.1) is 6.92 Å². The Morgan fingerprint density at radius 3 is 2.30 bits per heavy atom. The van der Waals surface area contributed by atoms with Gasteiger partial charge in [-0.3, -0.25) is 10.1 Å². The normalized spacial score (nSPS) is 11.9. The first-order chi connectivity index (χ1) is 21.6. The molecule has 0 bridgehead atoms. The van der Waals surface area contributed by atoms with E-state index in [2.05, 4.69) is 40.9 Å². The minimum atomic E-state index is -1.33. The van der Waals surface area contributed by atoms with E-state index in [4.69, 9.17) is 14.2 Å². The van der Waals surface area contributed by atoms with Crippen LogP contribution in [0.3, 0.4) is 0 Å². The van der Waals surface area contributed by atoms with E-state index in [9.17, 15) is 14.4 Å². The lowest BCUT2D eigenvalue weighted by molar-refractivity contribution is 0.0473. The number of fused-ring (bicyclic) bond motifs is 1. The predicted molar refractivity (Wildman–Crippen MR) is 188 cm³/mol. The minimum absolute atomic E-state index is 0.108. The number of benzene rings is 2. The molecule has 46 heavy (non-hydrogen) atoms. The highest BCUT2D eigenvalue weighted by molar-refractivity contribution is 9.10. The van der Waals surface area contributed by atoms with Gasteiger partial charge < -0.3 is 23.3 Å². The maximum Gasteiger partial charge on any atom is 0.412 e. The van der Waals surface area contributed by atoms with Crippen molar-refractivity contribution in [3.05, 3.63) is 97.5 Å². The fraction of sp³-hybridized carbons (Fsp3) is 0.400. The summed E-state index contributed by atoms with van der Waals surface area (Å²) in [5, 5.41) is 3.24. The standard InChI is InChI=1S/C35H44BrN3O6Si/c1-23-28(33(41)44-21-25-16-12-13-17-26(25)37-34(42)45-35(2,3)4)29-30(36)27(20-24-14-10-9-11-15-24)38(5)32(40)31(29)39(23)22-43-18-19-46(6,7)8/h9-17H,18-22H2,1-8H3,(H,37,42). The summed E-state index contributed by atoms with van der Waals surface area (Å²) < 4.78 is 21.4. The van der Waals surface area contributed by atoms with Crippen LogP contribution in [0.25, 0.3) is 10.9 Å². The van der Waals surface area contributed by atoms with E-state index in [0.29, 0.717) is 50.9 Å². The van der Waals surface area contributed by atoms with Crippen molar-refractivity contribution in [2.75, 3.05) is 11.9 Å². The topological polar surface area (TPSA) is 101 Å². The molecule has 0 unspecified atom stereocenters. The van der Waals surface area contributed by atoms with E-state index in [1.54, 1.807) is 68.1 Å². The molecule has 0 atom stereocenters. The summed E-state index contributed by atoms with van der Waals surface area (Å²) in [5.41, 5.74) is 3.17. The van der Waals surface area contributed by atoms with Crippen LogP contribution in [0.15, 0.2) is 63.9 Å². The van der Waals surface area contributed by atoms with Gasteiger partial charge in [0.15, 0.2) is 0 Å². The molecule has 0 saturated heterocycles. The number of carbonyl (C=O) groups excluding carboxylic acids is 2. The van der Waals surface area contributed by atoms with E-state index < -0.39 is 25.7 Å². The first kappa shape index (κ1) is 35.2. The van der Waals surface area contributed by atoms with E-state index in [1.807, 2.05) is 30.3 Å².